The van der Waals surface area contributed by atoms with Crippen LogP contribution in [0.3, 0.4) is 0 Å². The van der Waals surface area contributed by atoms with Gasteiger partial charge in [-0.2, -0.15) is 0 Å². The van der Waals surface area contributed by atoms with Gasteiger partial charge in [0.2, 0.25) is 0 Å². The Morgan fingerprint density at radius 2 is 2.40 bits per heavy atom. The molecular weight excluding hydrogens is 152 g/mol. The highest BCUT2D eigenvalue weighted by Crippen LogP contribution is 1.93. The number of halogens is 1. The van der Waals surface area contributed by atoms with Gasteiger partial charge in [-0.3, -0.25) is 4.79 Å². The van der Waals surface area contributed by atoms with Gasteiger partial charge in [-0.15, -0.1) is 11.6 Å². The Morgan fingerprint density at radius 3 is 2.80 bits per heavy atom. The molecule has 0 bridgehead atoms. The Balaban J connectivity index is 3.52. The Labute approximate surface area is 65.8 Å². The van der Waals surface area contributed by atoms with Gasteiger partial charge in [0, 0.05) is 12.8 Å². The van der Waals surface area contributed by atoms with E-state index in [1.165, 1.54) is 6.92 Å². The van der Waals surface area contributed by atoms with Gasteiger partial charge >= 0.3 is 5.97 Å². The molecule has 3 heteroatoms. The molecule has 58 valence electrons. The van der Waals surface area contributed by atoms with E-state index in [1.807, 2.05) is 0 Å². The highest BCUT2D eigenvalue weighted by Gasteiger charge is 1.97. The standard InChI is InChI=1S/C7H11ClO2/c1-6(4-3-5-8)10-7(2)9/h3-4,6H,5H2,1-2H3/b4-3+/t6-/m0/s1. The molecule has 0 unspecified atom stereocenters. The molecule has 0 heterocycles. The summed E-state index contributed by atoms with van der Waals surface area (Å²) in [5.74, 6) is 0.178. The van der Waals surface area contributed by atoms with Crippen LogP contribution in [0.25, 0.3) is 0 Å². The summed E-state index contributed by atoms with van der Waals surface area (Å²) < 4.78 is 4.77. The number of hydrogen-bond acceptors (Lipinski definition) is 2. The van der Waals surface area contributed by atoms with Gasteiger partial charge < -0.3 is 4.74 Å². The van der Waals surface area contributed by atoms with Crippen molar-refractivity contribution in [3.63, 3.8) is 0 Å². The molecule has 2 nitrogen and oxygen atoms in total. The third kappa shape index (κ3) is 5.63. The molecule has 10 heavy (non-hydrogen) atoms. The zero-order chi connectivity index (χ0) is 7.98. The smallest absolute Gasteiger partial charge is 0.303 e. The number of ether oxygens (including phenoxy) is 1. The van der Waals surface area contributed by atoms with Crippen molar-refractivity contribution in [2.75, 3.05) is 5.88 Å². The van der Waals surface area contributed by atoms with Gasteiger partial charge in [0.05, 0.1) is 0 Å². The SMILES string of the molecule is CC(=O)O[C@@H](C)/C=C/CCl. The molecule has 0 fully saturated rings. The van der Waals surface area contributed by atoms with Gasteiger partial charge in [-0.25, -0.2) is 0 Å². The summed E-state index contributed by atoms with van der Waals surface area (Å²) in [4.78, 5) is 10.3. The molecule has 0 aromatic rings. The van der Waals surface area contributed by atoms with Crippen LogP contribution in [0.5, 0.6) is 0 Å². The second-order valence-electron chi connectivity index (χ2n) is 1.90. The van der Waals surface area contributed by atoms with Crippen molar-refractivity contribution in [1.29, 1.82) is 0 Å². The van der Waals surface area contributed by atoms with E-state index in [0.29, 0.717) is 5.88 Å². The van der Waals surface area contributed by atoms with Crippen LogP contribution in [0, 0.1) is 0 Å². The highest BCUT2D eigenvalue weighted by atomic mass is 35.5. The second kappa shape index (κ2) is 5.30. The molecule has 0 rings (SSSR count). The van der Waals surface area contributed by atoms with Crippen molar-refractivity contribution in [3.05, 3.63) is 12.2 Å². The fourth-order valence-electron chi connectivity index (χ4n) is 0.544. The molecule has 0 spiro atoms. The van der Waals surface area contributed by atoms with E-state index in [1.54, 1.807) is 19.1 Å². The van der Waals surface area contributed by atoms with Gasteiger partial charge in [0.15, 0.2) is 0 Å². The first-order chi connectivity index (χ1) is 4.66. The maximum Gasteiger partial charge on any atom is 0.303 e. The number of carbonyl (C=O) groups excluding carboxylic acids is 1. The largest absolute Gasteiger partial charge is 0.459 e. The molecular formula is C7H11ClO2. The number of carbonyl (C=O) groups is 1. The van der Waals surface area contributed by atoms with Crippen LogP contribution in [-0.4, -0.2) is 18.0 Å². The van der Waals surface area contributed by atoms with E-state index in [4.69, 9.17) is 16.3 Å². The molecule has 0 amide bonds. The Morgan fingerprint density at radius 1 is 1.80 bits per heavy atom. The lowest BCUT2D eigenvalue weighted by Crippen LogP contribution is -2.08. The lowest BCUT2D eigenvalue weighted by Gasteiger charge is -2.04. The van der Waals surface area contributed by atoms with Gasteiger partial charge in [-0.05, 0) is 13.0 Å². The normalized spacial score (nSPS) is 13.5. The van der Waals surface area contributed by atoms with E-state index in [-0.39, 0.29) is 12.1 Å². The molecule has 0 N–H and O–H groups in total. The molecule has 0 aromatic carbocycles. The van der Waals surface area contributed by atoms with Gasteiger partial charge in [-0.1, -0.05) is 6.08 Å². The predicted octanol–water partition coefficient (Wildman–Crippen LogP) is 1.73. The summed E-state index contributed by atoms with van der Waals surface area (Å²) in [6.45, 7) is 3.16. The van der Waals surface area contributed by atoms with Crippen LogP contribution in [0.15, 0.2) is 12.2 Å². The maximum absolute atomic E-state index is 10.3. The number of allylic oxidation sites excluding steroid dienone is 1. The van der Waals surface area contributed by atoms with Crippen LogP contribution in [-0.2, 0) is 9.53 Å². The summed E-state index contributed by atoms with van der Waals surface area (Å²) in [5.41, 5.74) is 0. The summed E-state index contributed by atoms with van der Waals surface area (Å²) in [6.07, 6.45) is 3.32. The molecule has 1 atom stereocenters. The number of alkyl halides is 1. The van der Waals surface area contributed by atoms with E-state index in [9.17, 15) is 4.79 Å². The van der Waals surface area contributed by atoms with Crippen molar-refractivity contribution < 1.29 is 9.53 Å². The molecule has 0 aliphatic heterocycles. The zero-order valence-electron chi connectivity index (χ0n) is 6.13. The lowest BCUT2D eigenvalue weighted by molar-refractivity contribution is -0.143. The van der Waals surface area contributed by atoms with Crippen molar-refractivity contribution in [2.45, 2.75) is 20.0 Å². The fraction of sp³-hybridized carbons (Fsp3) is 0.571. The van der Waals surface area contributed by atoms with Crippen LogP contribution in [0.1, 0.15) is 13.8 Å². The topological polar surface area (TPSA) is 26.3 Å². The Bertz CT molecular complexity index is 132. The van der Waals surface area contributed by atoms with Crippen LogP contribution in [0.4, 0.5) is 0 Å². The minimum absolute atomic E-state index is 0.170. The van der Waals surface area contributed by atoms with Crippen LogP contribution < -0.4 is 0 Å². The Hall–Kier alpha value is -0.500. The highest BCUT2D eigenvalue weighted by molar-refractivity contribution is 6.18. The van der Waals surface area contributed by atoms with Crippen LogP contribution >= 0.6 is 11.6 Å². The number of hydrogen-bond donors (Lipinski definition) is 0. The average molecular weight is 163 g/mol. The van der Waals surface area contributed by atoms with Crippen LogP contribution in [0.2, 0.25) is 0 Å². The summed E-state index contributed by atoms with van der Waals surface area (Å²) in [5, 5.41) is 0. The average Bonchev–Trinajstić information content (AvgIpc) is 1.82. The third-order valence-electron chi connectivity index (χ3n) is 0.848. The minimum Gasteiger partial charge on any atom is -0.459 e. The molecule has 0 aliphatic rings. The summed E-state index contributed by atoms with van der Waals surface area (Å²) in [6, 6.07) is 0. The third-order valence-corrected chi connectivity index (χ3v) is 1.03. The van der Waals surface area contributed by atoms with Gasteiger partial charge in [0.1, 0.15) is 6.10 Å². The van der Waals surface area contributed by atoms with E-state index in [2.05, 4.69) is 0 Å². The fourth-order valence-corrected chi connectivity index (χ4v) is 0.647. The lowest BCUT2D eigenvalue weighted by atomic mass is 10.3. The molecule has 0 radical (unpaired) electrons. The number of rotatable bonds is 3. The van der Waals surface area contributed by atoms with E-state index in [0.717, 1.165) is 0 Å². The Kier molecular flexibility index (Phi) is 5.03. The summed E-state index contributed by atoms with van der Waals surface area (Å²) in [7, 11) is 0. The maximum atomic E-state index is 10.3. The van der Waals surface area contributed by atoms with Crippen molar-refractivity contribution in [2.24, 2.45) is 0 Å². The zero-order valence-corrected chi connectivity index (χ0v) is 6.89. The quantitative estimate of drug-likeness (QED) is 0.359. The van der Waals surface area contributed by atoms with Crippen molar-refractivity contribution in [1.82, 2.24) is 0 Å². The summed E-state index contributed by atoms with van der Waals surface area (Å²) >= 11 is 5.35. The predicted molar refractivity (Wildman–Crippen MR) is 41.1 cm³/mol. The second-order valence-corrected chi connectivity index (χ2v) is 2.21. The van der Waals surface area contributed by atoms with E-state index < -0.39 is 0 Å². The van der Waals surface area contributed by atoms with Gasteiger partial charge in [0.25, 0.3) is 0 Å². The molecule has 0 aromatic heterocycles. The molecule has 0 saturated heterocycles. The monoisotopic (exact) mass is 162 g/mol. The first-order valence-corrected chi connectivity index (χ1v) is 3.60. The van der Waals surface area contributed by atoms with Crippen molar-refractivity contribution in [3.8, 4) is 0 Å². The minimum atomic E-state index is -0.272. The molecule has 0 saturated carbocycles. The first kappa shape index (κ1) is 9.50. The van der Waals surface area contributed by atoms with E-state index >= 15 is 0 Å². The first-order valence-electron chi connectivity index (χ1n) is 3.06. The van der Waals surface area contributed by atoms with Crippen molar-refractivity contribution >= 4 is 17.6 Å². The molecule has 0 aliphatic carbocycles. The number of esters is 1.